The summed E-state index contributed by atoms with van der Waals surface area (Å²) in [6.07, 6.45) is 2.10. The minimum atomic E-state index is -3.14. The van der Waals surface area contributed by atoms with E-state index >= 15 is 0 Å². The summed E-state index contributed by atoms with van der Waals surface area (Å²) in [5.74, 6) is -1.72. The molecule has 0 saturated carbocycles. The second-order valence-electron chi connectivity index (χ2n) is 3.98. The first-order valence-electron chi connectivity index (χ1n) is 5.87. The minimum Gasteiger partial charge on any atom is -0.492 e. The zero-order valence-corrected chi connectivity index (χ0v) is 11.7. The van der Waals surface area contributed by atoms with Gasteiger partial charge in [-0.1, -0.05) is 6.92 Å². The Balaban J connectivity index is 2.74. The Labute approximate surface area is 116 Å². The molecule has 0 heterocycles. The van der Waals surface area contributed by atoms with Crippen molar-refractivity contribution >= 4 is 21.9 Å². The molecule has 20 heavy (non-hydrogen) atoms. The predicted molar refractivity (Wildman–Crippen MR) is 72.9 cm³/mol. The fourth-order valence-corrected chi connectivity index (χ4v) is 1.99. The lowest BCUT2D eigenvalue weighted by Crippen LogP contribution is -2.15. The third kappa shape index (κ3) is 5.83. The molecular weight excluding hydrogens is 287 g/mol. The van der Waals surface area contributed by atoms with Crippen LogP contribution >= 0.6 is 0 Å². The van der Waals surface area contributed by atoms with E-state index in [0.717, 1.165) is 18.2 Å². The molecule has 0 spiro atoms. The molecule has 0 bridgehead atoms. The van der Waals surface area contributed by atoms with E-state index < -0.39 is 21.6 Å². The van der Waals surface area contributed by atoms with Gasteiger partial charge in [-0.15, -0.1) is 0 Å². The summed E-state index contributed by atoms with van der Waals surface area (Å²) < 4.78 is 41.0. The van der Waals surface area contributed by atoms with Crippen molar-refractivity contribution in [1.29, 1.82) is 0 Å². The summed E-state index contributed by atoms with van der Waals surface area (Å²) in [5, 5.41) is 8.49. The van der Waals surface area contributed by atoms with Gasteiger partial charge in [0.25, 0.3) is 0 Å². The van der Waals surface area contributed by atoms with Crippen LogP contribution in [0.3, 0.4) is 0 Å². The summed E-state index contributed by atoms with van der Waals surface area (Å²) in [7, 11) is -3.14. The maximum absolute atomic E-state index is 13.3. The number of carbonyl (C=O) groups is 1. The molecule has 1 rings (SSSR count). The van der Waals surface area contributed by atoms with Crippen LogP contribution in [0.4, 0.5) is 4.39 Å². The van der Waals surface area contributed by atoms with E-state index in [1.165, 1.54) is 19.1 Å². The Bertz CT molecular complexity index is 607. The molecule has 7 heteroatoms. The first kappa shape index (κ1) is 16.2. The van der Waals surface area contributed by atoms with Crippen molar-refractivity contribution in [2.75, 3.05) is 18.1 Å². The number of sulfone groups is 1. The predicted octanol–water partition coefficient (Wildman–Crippen LogP) is 1.74. The van der Waals surface area contributed by atoms with E-state index in [0.29, 0.717) is 5.56 Å². The number of aliphatic carboxylic acids is 1. The van der Waals surface area contributed by atoms with E-state index in [2.05, 4.69) is 0 Å². The molecule has 5 nitrogen and oxygen atoms in total. The van der Waals surface area contributed by atoms with E-state index in [1.807, 2.05) is 0 Å². The third-order valence-electron chi connectivity index (χ3n) is 2.41. The van der Waals surface area contributed by atoms with Crippen molar-refractivity contribution in [3.05, 3.63) is 35.7 Å². The SMILES string of the molecule is CCS(=O)(=O)CCOc1cc(F)cc(/C=C/C(=O)O)c1. The van der Waals surface area contributed by atoms with Gasteiger partial charge in [-0.25, -0.2) is 17.6 Å². The van der Waals surface area contributed by atoms with Crippen LogP contribution in [-0.4, -0.2) is 37.6 Å². The van der Waals surface area contributed by atoms with Crippen LogP contribution in [0.2, 0.25) is 0 Å². The second-order valence-corrected chi connectivity index (χ2v) is 6.45. The zero-order chi connectivity index (χ0) is 15.2. The van der Waals surface area contributed by atoms with Crippen LogP contribution in [-0.2, 0) is 14.6 Å². The molecule has 0 aromatic heterocycles. The summed E-state index contributed by atoms with van der Waals surface area (Å²) in [4.78, 5) is 10.4. The highest BCUT2D eigenvalue weighted by atomic mass is 32.2. The molecule has 0 aliphatic rings. The Morgan fingerprint density at radius 1 is 1.40 bits per heavy atom. The Morgan fingerprint density at radius 3 is 2.70 bits per heavy atom. The van der Waals surface area contributed by atoms with Crippen LogP contribution in [0.1, 0.15) is 12.5 Å². The van der Waals surface area contributed by atoms with Crippen LogP contribution in [0.25, 0.3) is 6.08 Å². The molecule has 1 aromatic carbocycles. The maximum atomic E-state index is 13.3. The van der Waals surface area contributed by atoms with Gasteiger partial charge in [0, 0.05) is 17.9 Å². The summed E-state index contributed by atoms with van der Waals surface area (Å²) in [5.41, 5.74) is 0.320. The Hall–Kier alpha value is -1.89. The van der Waals surface area contributed by atoms with Gasteiger partial charge in [0.15, 0.2) is 9.84 Å². The lowest BCUT2D eigenvalue weighted by Gasteiger charge is -2.07. The highest BCUT2D eigenvalue weighted by molar-refractivity contribution is 7.91. The third-order valence-corrected chi connectivity index (χ3v) is 4.08. The number of halogens is 1. The number of rotatable bonds is 7. The number of carboxylic acid groups (broad SMARTS) is 1. The van der Waals surface area contributed by atoms with Gasteiger partial charge in [-0.05, 0) is 23.8 Å². The molecule has 0 atom stereocenters. The molecule has 0 radical (unpaired) electrons. The molecule has 1 aromatic rings. The average Bonchev–Trinajstić information content (AvgIpc) is 2.35. The Kier molecular flexibility index (Phi) is 5.69. The number of hydrogen-bond donors (Lipinski definition) is 1. The van der Waals surface area contributed by atoms with E-state index in [4.69, 9.17) is 9.84 Å². The fourth-order valence-electron chi connectivity index (χ4n) is 1.36. The highest BCUT2D eigenvalue weighted by Crippen LogP contribution is 2.17. The van der Waals surface area contributed by atoms with Crippen molar-refractivity contribution in [3.63, 3.8) is 0 Å². The second kappa shape index (κ2) is 7.04. The van der Waals surface area contributed by atoms with Crippen molar-refractivity contribution < 1.29 is 27.4 Å². The smallest absolute Gasteiger partial charge is 0.328 e. The molecule has 0 aliphatic carbocycles. The summed E-state index contributed by atoms with van der Waals surface area (Å²) in [6.45, 7) is 1.45. The normalized spacial score (nSPS) is 11.7. The van der Waals surface area contributed by atoms with E-state index in [9.17, 15) is 17.6 Å². The van der Waals surface area contributed by atoms with E-state index in [-0.39, 0.29) is 23.9 Å². The number of benzene rings is 1. The zero-order valence-electron chi connectivity index (χ0n) is 10.9. The van der Waals surface area contributed by atoms with Crippen LogP contribution < -0.4 is 4.74 Å². The van der Waals surface area contributed by atoms with Gasteiger partial charge < -0.3 is 9.84 Å². The largest absolute Gasteiger partial charge is 0.492 e. The van der Waals surface area contributed by atoms with Gasteiger partial charge in [-0.3, -0.25) is 0 Å². The number of hydrogen-bond acceptors (Lipinski definition) is 4. The highest BCUT2D eigenvalue weighted by Gasteiger charge is 2.08. The van der Waals surface area contributed by atoms with Gasteiger partial charge in [0.1, 0.15) is 18.2 Å². The molecule has 0 unspecified atom stereocenters. The lowest BCUT2D eigenvalue weighted by molar-refractivity contribution is -0.131. The summed E-state index contributed by atoms with van der Waals surface area (Å²) >= 11 is 0. The topological polar surface area (TPSA) is 80.7 Å². The van der Waals surface area contributed by atoms with Crippen molar-refractivity contribution in [2.45, 2.75) is 6.92 Å². The van der Waals surface area contributed by atoms with Gasteiger partial charge in [-0.2, -0.15) is 0 Å². The van der Waals surface area contributed by atoms with Gasteiger partial charge >= 0.3 is 5.97 Å². The molecular formula is C13H15FO5S. The molecule has 0 saturated heterocycles. The minimum absolute atomic E-state index is 0.0200. The Morgan fingerprint density at radius 2 is 2.10 bits per heavy atom. The maximum Gasteiger partial charge on any atom is 0.328 e. The monoisotopic (exact) mass is 302 g/mol. The fraction of sp³-hybridized carbons (Fsp3) is 0.308. The molecule has 110 valence electrons. The van der Waals surface area contributed by atoms with Crippen LogP contribution in [0, 0.1) is 5.82 Å². The van der Waals surface area contributed by atoms with Crippen molar-refractivity contribution in [1.82, 2.24) is 0 Å². The lowest BCUT2D eigenvalue weighted by atomic mass is 10.2. The van der Waals surface area contributed by atoms with Crippen molar-refractivity contribution in [2.24, 2.45) is 0 Å². The van der Waals surface area contributed by atoms with Crippen LogP contribution in [0.5, 0.6) is 5.75 Å². The first-order valence-corrected chi connectivity index (χ1v) is 7.69. The first-order chi connectivity index (χ1) is 9.32. The summed E-state index contributed by atoms with van der Waals surface area (Å²) in [6, 6.07) is 3.69. The number of carboxylic acids is 1. The van der Waals surface area contributed by atoms with Gasteiger partial charge in [0.2, 0.25) is 0 Å². The molecule has 1 N–H and O–H groups in total. The van der Waals surface area contributed by atoms with Crippen LogP contribution in [0.15, 0.2) is 24.3 Å². The quantitative estimate of drug-likeness (QED) is 0.776. The van der Waals surface area contributed by atoms with Crippen molar-refractivity contribution in [3.8, 4) is 5.75 Å². The molecule has 0 aliphatic heterocycles. The standard InChI is InChI=1S/C13H15FO5S/c1-2-20(17,18)6-5-19-12-8-10(3-4-13(15)16)7-11(14)9-12/h3-4,7-9H,2,5-6H2,1H3,(H,15,16)/b4-3+. The molecule has 0 fully saturated rings. The average molecular weight is 302 g/mol. The molecule has 0 amide bonds. The van der Waals surface area contributed by atoms with E-state index in [1.54, 1.807) is 0 Å². The van der Waals surface area contributed by atoms with Gasteiger partial charge in [0.05, 0.1) is 5.75 Å². The number of ether oxygens (including phenoxy) is 1.